The number of hydrogen-bond acceptors (Lipinski definition) is 12. The van der Waals surface area contributed by atoms with Crippen molar-refractivity contribution in [1.29, 1.82) is 0 Å². The van der Waals surface area contributed by atoms with Gasteiger partial charge in [-0.25, -0.2) is 9.59 Å². The number of carbonyl (C=O) groups excluding carboxylic acids is 8. The zero-order chi connectivity index (χ0) is 35.0. The smallest absolute Gasteiger partial charge is 0.352 e. The fourth-order valence-corrected chi connectivity index (χ4v) is 7.30. The molecule has 0 aromatic heterocycles. The van der Waals surface area contributed by atoms with Crippen LogP contribution in [-0.2, 0) is 38.4 Å². The molecule has 3 fully saturated rings. The van der Waals surface area contributed by atoms with Gasteiger partial charge in [0.25, 0.3) is 5.91 Å². The number of nitrogens with zero attached hydrogens (tertiary/aromatic N) is 3. The molecule has 19 heteroatoms. The zero-order valence-electron chi connectivity index (χ0n) is 25.9. The number of ether oxygens (including phenoxy) is 2. The average molecular weight is 677 g/mol. The Labute approximate surface area is 271 Å². The van der Waals surface area contributed by atoms with E-state index in [0.29, 0.717) is 4.90 Å². The molecule has 0 bridgehead atoms. The molecule has 3 saturated heterocycles. The third-order valence-corrected chi connectivity index (χ3v) is 9.45. The number of likely N-dealkylation sites (N-methyl/N-ethyl adjacent to an activating group) is 1. The van der Waals surface area contributed by atoms with Gasteiger partial charge in [-0.05, 0) is 38.5 Å². The summed E-state index contributed by atoms with van der Waals surface area (Å²) in [6, 6.07) is -0.579. The van der Waals surface area contributed by atoms with E-state index in [4.69, 9.17) is 9.47 Å². The molecule has 1 aromatic carbocycles. The fourth-order valence-electron chi connectivity index (χ4n) is 5.59. The number of aliphatic carboxylic acids is 1. The molecule has 18 nitrogen and oxygen atoms in total. The minimum atomic E-state index is -2.13. The minimum absolute atomic E-state index is 0.0420. The monoisotopic (exact) mass is 676 g/mol. The molecule has 1 aromatic rings. The standard InChI is InChI=1S/C28H32N6O12S/c1-6-32-9-10-33(23(41)22(32)40)26(44)31-18(15-7-8-16(45-13(2)36)17(11-15)46-14(3)37)20(38)30-19-21(39)34-24(19)47-27(4,5)28(34,25(42)43)29-12-35/h7-8,11-12,18-19,24H,6,9-10H2,1-5H3,(H,29,35)(H,30,38)(H,31,44)(H,42,43)/t18?,19-,24+,28-/m0/s1. The number of amides is 7. The largest absolute Gasteiger partial charge is 0.478 e. The maximum Gasteiger partial charge on any atom is 0.352 e. The summed E-state index contributed by atoms with van der Waals surface area (Å²) in [4.78, 5) is 116. The maximum atomic E-state index is 13.9. The second-order valence-electron chi connectivity index (χ2n) is 11.1. The summed E-state index contributed by atoms with van der Waals surface area (Å²) in [5, 5.41) is 16.2. The first kappa shape index (κ1) is 34.7. The van der Waals surface area contributed by atoms with Crippen molar-refractivity contribution in [2.24, 2.45) is 0 Å². The third-order valence-electron chi connectivity index (χ3n) is 7.84. The van der Waals surface area contributed by atoms with E-state index >= 15 is 0 Å². The summed E-state index contributed by atoms with van der Waals surface area (Å²) in [6.07, 6.45) is 0.163. The molecule has 0 spiro atoms. The van der Waals surface area contributed by atoms with Crippen molar-refractivity contribution in [2.45, 2.75) is 62.5 Å². The molecule has 0 aliphatic carbocycles. The van der Waals surface area contributed by atoms with Crippen molar-refractivity contribution in [1.82, 2.24) is 30.7 Å². The van der Waals surface area contributed by atoms with Gasteiger partial charge in [0.05, 0.1) is 4.75 Å². The van der Waals surface area contributed by atoms with Gasteiger partial charge in [-0.1, -0.05) is 6.07 Å². The van der Waals surface area contributed by atoms with Crippen LogP contribution in [0.4, 0.5) is 4.79 Å². The van der Waals surface area contributed by atoms with E-state index in [0.717, 1.165) is 36.6 Å². The molecule has 0 radical (unpaired) electrons. The number of piperazine rings is 1. The summed E-state index contributed by atoms with van der Waals surface area (Å²) < 4.78 is 8.95. The first-order chi connectivity index (χ1) is 22.0. The zero-order valence-corrected chi connectivity index (χ0v) is 26.7. The number of imide groups is 1. The van der Waals surface area contributed by atoms with Gasteiger partial charge in [-0.3, -0.25) is 43.4 Å². The van der Waals surface area contributed by atoms with Crippen molar-refractivity contribution in [3.63, 3.8) is 0 Å². The molecule has 0 saturated carbocycles. The molecule has 4 rings (SSSR count). The van der Waals surface area contributed by atoms with Gasteiger partial charge < -0.3 is 35.4 Å². The second kappa shape index (κ2) is 12.9. The lowest BCUT2D eigenvalue weighted by molar-refractivity contribution is -0.175. The Morgan fingerprint density at radius 3 is 2.26 bits per heavy atom. The maximum absolute atomic E-state index is 13.9. The van der Waals surface area contributed by atoms with Crippen molar-refractivity contribution in [3.05, 3.63) is 23.8 Å². The Hall–Kier alpha value is -5.20. The highest BCUT2D eigenvalue weighted by molar-refractivity contribution is 8.01. The van der Waals surface area contributed by atoms with Crippen LogP contribution in [0.5, 0.6) is 11.5 Å². The summed E-state index contributed by atoms with van der Waals surface area (Å²) in [5.41, 5.74) is -2.19. The number of rotatable bonds is 10. The lowest BCUT2D eigenvalue weighted by Crippen LogP contribution is -2.79. The van der Waals surface area contributed by atoms with E-state index < -0.39 is 75.4 Å². The third kappa shape index (κ3) is 6.05. The van der Waals surface area contributed by atoms with E-state index in [1.165, 1.54) is 30.9 Å². The quantitative estimate of drug-likeness (QED) is 0.0741. The van der Waals surface area contributed by atoms with Crippen LogP contribution in [0, 0.1) is 0 Å². The number of carboxylic acid groups (broad SMARTS) is 1. The van der Waals surface area contributed by atoms with Crippen LogP contribution in [0.15, 0.2) is 18.2 Å². The normalized spacial score (nSPS) is 23.6. The highest BCUT2D eigenvalue weighted by atomic mass is 32.2. The summed E-state index contributed by atoms with van der Waals surface area (Å²) in [5.74, 6) is -7.48. The number of carboxylic acids is 1. The van der Waals surface area contributed by atoms with Gasteiger partial charge in [-0.15, -0.1) is 11.8 Å². The predicted octanol–water partition coefficient (Wildman–Crippen LogP) is -1.32. The van der Waals surface area contributed by atoms with Gasteiger partial charge in [0.2, 0.25) is 18.0 Å². The topological polar surface area (TPSA) is 238 Å². The molecule has 7 amide bonds. The van der Waals surface area contributed by atoms with Gasteiger partial charge in [0.1, 0.15) is 17.5 Å². The Morgan fingerprint density at radius 1 is 1.04 bits per heavy atom. The number of benzene rings is 1. The number of urea groups is 1. The summed E-state index contributed by atoms with van der Waals surface area (Å²) in [7, 11) is 0. The van der Waals surface area contributed by atoms with E-state index in [9.17, 15) is 48.3 Å². The van der Waals surface area contributed by atoms with E-state index in [1.54, 1.807) is 6.92 Å². The highest BCUT2D eigenvalue weighted by Gasteiger charge is 2.73. The Bertz CT molecular complexity index is 1580. The Balaban J connectivity index is 1.68. The number of thioether (sulfide) groups is 1. The number of β-lactam (4-membered cyclic amide) rings is 1. The van der Waals surface area contributed by atoms with Crippen LogP contribution >= 0.6 is 11.8 Å². The van der Waals surface area contributed by atoms with Crippen LogP contribution in [0.2, 0.25) is 0 Å². The lowest BCUT2D eigenvalue weighted by Gasteiger charge is -2.49. The van der Waals surface area contributed by atoms with Crippen molar-refractivity contribution < 1.29 is 57.7 Å². The SMILES string of the molecule is CCN1CCN(C(=O)NC(C(=O)N[C@H]2C(=O)N3[C@@H]2SC(C)(C)[C@]3(NC=O)C(=O)O)c2ccc(OC(C)=O)c(OC(C)=O)c2)C(=O)C1=O. The minimum Gasteiger partial charge on any atom is -0.478 e. The van der Waals surface area contributed by atoms with Crippen LogP contribution in [-0.4, -0.2) is 115 Å². The predicted molar refractivity (Wildman–Crippen MR) is 158 cm³/mol. The van der Waals surface area contributed by atoms with Gasteiger partial charge in [0, 0.05) is 33.5 Å². The van der Waals surface area contributed by atoms with Crippen molar-refractivity contribution in [2.75, 3.05) is 19.6 Å². The molecule has 4 N–H and O–H groups in total. The number of fused-ring (bicyclic) bond motifs is 1. The molecule has 1 unspecified atom stereocenters. The van der Waals surface area contributed by atoms with Gasteiger partial charge in [-0.2, -0.15) is 0 Å². The van der Waals surface area contributed by atoms with Crippen LogP contribution in [0.1, 0.15) is 46.2 Å². The van der Waals surface area contributed by atoms with Crippen LogP contribution in [0.25, 0.3) is 0 Å². The molecule has 47 heavy (non-hydrogen) atoms. The van der Waals surface area contributed by atoms with Gasteiger partial charge >= 0.3 is 35.8 Å². The molecule has 3 heterocycles. The first-order valence-corrected chi connectivity index (χ1v) is 15.1. The van der Waals surface area contributed by atoms with Crippen LogP contribution in [0.3, 0.4) is 0 Å². The molecule has 3 aliphatic heterocycles. The molecule has 3 aliphatic rings. The summed E-state index contributed by atoms with van der Waals surface area (Å²) >= 11 is 1.01. The Kier molecular flexibility index (Phi) is 9.51. The van der Waals surface area contributed by atoms with Crippen molar-refractivity contribution in [3.8, 4) is 11.5 Å². The lowest BCUT2D eigenvalue weighted by atomic mass is 9.88. The number of esters is 2. The molecule has 252 valence electrons. The molecular formula is C28H32N6O12S. The first-order valence-electron chi connectivity index (χ1n) is 14.2. The highest BCUT2D eigenvalue weighted by Crippen LogP contribution is 2.55. The number of hydrogen-bond donors (Lipinski definition) is 4. The number of carbonyl (C=O) groups is 9. The Morgan fingerprint density at radius 2 is 1.68 bits per heavy atom. The molecular weight excluding hydrogens is 644 g/mol. The second-order valence-corrected chi connectivity index (χ2v) is 12.8. The molecule has 4 atom stereocenters. The van der Waals surface area contributed by atoms with Crippen LogP contribution < -0.4 is 25.4 Å². The number of nitrogens with one attached hydrogen (secondary N) is 3. The van der Waals surface area contributed by atoms with E-state index in [2.05, 4.69) is 16.0 Å². The van der Waals surface area contributed by atoms with E-state index in [1.807, 2.05) is 0 Å². The fraction of sp³-hybridized carbons (Fsp3) is 0.464. The van der Waals surface area contributed by atoms with Gasteiger partial charge in [0.15, 0.2) is 11.5 Å². The van der Waals surface area contributed by atoms with E-state index in [-0.39, 0.29) is 43.1 Å². The summed E-state index contributed by atoms with van der Waals surface area (Å²) in [6.45, 7) is 6.93. The van der Waals surface area contributed by atoms with Crippen molar-refractivity contribution >= 4 is 65.7 Å². The average Bonchev–Trinajstić information content (AvgIpc) is 3.20.